The van der Waals surface area contributed by atoms with E-state index in [1.165, 1.54) is 16.5 Å². The lowest BCUT2D eigenvalue weighted by Crippen LogP contribution is -2.37. The first-order valence-corrected chi connectivity index (χ1v) is 6.88. The molecule has 2 aromatic rings. The van der Waals surface area contributed by atoms with Crippen molar-refractivity contribution in [1.82, 2.24) is 15.2 Å². The third-order valence-electron chi connectivity index (χ3n) is 3.34. The molecule has 0 atom stereocenters. The minimum Gasteiger partial charge on any atom is -0.361 e. The fourth-order valence-corrected chi connectivity index (χ4v) is 2.73. The van der Waals surface area contributed by atoms with Crippen molar-refractivity contribution in [2.45, 2.75) is 20.4 Å². The van der Waals surface area contributed by atoms with Gasteiger partial charge in [-0.15, -0.1) is 0 Å². The lowest BCUT2D eigenvalue weighted by molar-refractivity contribution is 0.232. The first kappa shape index (κ1) is 14.1. The van der Waals surface area contributed by atoms with E-state index < -0.39 is 0 Å². The van der Waals surface area contributed by atoms with Crippen LogP contribution in [-0.2, 0) is 6.54 Å². The van der Waals surface area contributed by atoms with Crippen LogP contribution in [-0.4, -0.2) is 37.1 Å². The molecule has 0 spiro atoms. The van der Waals surface area contributed by atoms with E-state index in [1.807, 2.05) is 0 Å². The molecule has 1 aromatic carbocycles. The largest absolute Gasteiger partial charge is 0.361 e. The van der Waals surface area contributed by atoms with Crippen LogP contribution in [0.1, 0.15) is 19.4 Å². The van der Waals surface area contributed by atoms with Gasteiger partial charge in [0, 0.05) is 36.7 Å². The third kappa shape index (κ3) is 3.82. The summed E-state index contributed by atoms with van der Waals surface area (Å²) < 4.78 is 0. The number of para-hydroxylation sites is 1. The number of rotatable bonds is 6. The fourth-order valence-electron chi connectivity index (χ4n) is 2.73. The molecule has 0 aliphatic carbocycles. The van der Waals surface area contributed by atoms with Gasteiger partial charge >= 0.3 is 0 Å². The number of H-pyrrole nitrogens is 1. The average Bonchev–Trinajstić information content (AvgIpc) is 2.71. The summed E-state index contributed by atoms with van der Waals surface area (Å²) in [6.07, 6.45) is 2.11. The smallest absolute Gasteiger partial charge is 0.0457 e. The zero-order valence-electron chi connectivity index (χ0n) is 12.5. The van der Waals surface area contributed by atoms with Crippen LogP contribution in [0.25, 0.3) is 10.9 Å². The number of aromatic amines is 1. The van der Waals surface area contributed by atoms with E-state index >= 15 is 0 Å². The van der Waals surface area contributed by atoms with Crippen molar-refractivity contribution in [3.8, 4) is 0 Å². The molecular formula is C16H25N3. The summed E-state index contributed by atoms with van der Waals surface area (Å²) in [7, 11) is 4.25. The van der Waals surface area contributed by atoms with Crippen molar-refractivity contribution in [2.75, 3.05) is 27.2 Å². The number of hydrogen-bond donors (Lipinski definition) is 2. The van der Waals surface area contributed by atoms with Crippen LogP contribution >= 0.6 is 0 Å². The van der Waals surface area contributed by atoms with Gasteiger partial charge in [0.05, 0.1) is 0 Å². The molecule has 0 saturated carbocycles. The van der Waals surface area contributed by atoms with Crippen molar-refractivity contribution in [2.24, 2.45) is 5.41 Å². The van der Waals surface area contributed by atoms with Crippen LogP contribution in [0.3, 0.4) is 0 Å². The topological polar surface area (TPSA) is 31.1 Å². The van der Waals surface area contributed by atoms with Gasteiger partial charge in [0.1, 0.15) is 0 Å². The van der Waals surface area contributed by atoms with Crippen molar-refractivity contribution in [3.63, 3.8) is 0 Å². The van der Waals surface area contributed by atoms with Crippen LogP contribution in [0.15, 0.2) is 30.5 Å². The van der Waals surface area contributed by atoms with E-state index in [-0.39, 0.29) is 5.41 Å². The summed E-state index contributed by atoms with van der Waals surface area (Å²) in [4.78, 5) is 5.56. The summed E-state index contributed by atoms with van der Waals surface area (Å²) >= 11 is 0. The SMILES string of the molecule is CN(C)CC(C)(C)CNCc1c[nH]c2ccccc12. The number of benzene rings is 1. The van der Waals surface area contributed by atoms with E-state index in [4.69, 9.17) is 0 Å². The molecule has 3 heteroatoms. The molecule has 2 rings (SSSR count). The number of nitrogens with zero attached hydrogens (tertiary/aromatic N) is 1. The molecule has 0 amide bonds. The Kier molecular flexibility index (Phi) is 4.27. The van der Waals surface area contributed by atoms with Crippen molar-refractivity contribution >= 4 is 10.9 Å². The number of aromatic nitrogens is 1. The second kappa shape index (κ2) is 5.76. The Labute approximate surface area is 116 Å². The fraction of sp³-hybridized carbons (Fsp3) is 0.500. The van der Waals surface area contributed by atoms with E-state index in [0.717, 1.165) is 19.6 Å². The van der Waals surface area contributed by atoms with Crippen molar-refractivity contribution < 1.29 is 0 Å². The zero-order chi connectivity index (χ0) is 13.9. The molecule has 2 N–H and O–H groups in total. The normalized spacial score (nSPS) is 12.5. The standard InChI is InChI=1S/C16H25N3/c1-16(2,12-19(3)4)11-17-9-13-10-18-15-8-6-5-7-14(13)15/h5-8,10,17-18H,9,11-12H2,1-4H3. The van der Waals surface area contributed by atoms with Gasteiger partial charge in [0.2, 0.25) is 0 Å². The molecule has 1 aromatic heterocycles. The van der Waals surface area contributed by atoms with Gasteiger partial charge in [0.25, 0.3) is 0 Å². The number of fused-ring (bicyclic) bond motifs is 1. The molecule has 0 saturated heterocycles. The monoisotopic (exact) mass is 259 g/mol. The van der Waals surface area contributed by atoms with Crippen LogP contribution in [0.5, 0.6) is 0 Å². The maximum Gasteiger partial charge on any atom is 0.0457 e. The van der Waals surface area contributed by atoms with E-state index in [9.17, 15) is 0 Å². The highest BCUT2D eigenvalue weighted by molar-refractivity contribution is 5.82. The Morgan fingerprint density at radius 2 is 1.95 bits per heavy atom. The van der Waals surface area contributed by atoms with Gasteiger partial charge in [0.15, 0.2) is 0 Å². The zero-order valence-corrected chi connectivity index (χ0v) is 12.5. The van der Waals surface area contributed by atoms with Gasteiger partial charge in [-0.3, -0.25) is 0 Å². The number of nitrogens with one attached hydrogen (secondary N) is 2. The molecule has 0 fully saturated rings. The predicted octanol–water partition coefficient (Wildman–Crippen LogP) is 2.85. The summed E-state index contributed by atoms with van der Waals surface area (Å²) in [6.45, 7) is 7.63. The van der Waals surface area contributed by atoms with E-state index in [1.54, 1.807) is 0 Å². The van der Waals surface area contributed by atoms with Gasteiger partial charge < -0.3 is 15.2 Å². The van der Waals surface area contributed by atoms with Crippen LogP contribution in [0, 0.1) is 5.41 Å². The molecule has 0 aliphatic heterocycles. The highest BCUT2D eigenvalue weighted by atomic mass is 15.1. The Morgan fingerprint density at radius 3 is 2.68 bits per heavy atom. The minimum absolute atomic E-state index is 0.287. The Bertz CT molecular complexity index is 526. The lowest BCUT2D eigenvalue weighted by Gasteiger charge is -2.28. The van der Waals surface area contributed by atoms with Gasteiger partial charge in [-0.1, -0.05) is 32.0 Å². The molecular weight excluding hydrogens is 234 g/mol. The quantitative estimate of drug-likeness (QED) is 0.836. The molecule has 0 bridgehead atoms. The second-order valence-electron chi connectivity index (χ2n) is 6.37. The predicted molar refractivity (Wildman–Crippen MR) is 82.3 cm³/mol. The highest BCUT2D eigenvalue weighted by Crippen LogP contribution is 2.18. The van der Waals surface area contributed by atoms with Crippen molar-refractivity contribution in [1.29, 1.82) is 0 Å². The van der Waals surface area contributed by atoms with Gasteiger partial charge in [-0.2, -0.15) is 0 Å². The maximum atomic E-state index is 3.58. The molecule has 0 unspecified atom stereocenters. The Balaban J connectivity index is 1.92. The summed E-state index contributed by atoms with van der Waals surface area (Å²) in [5.74, 6) is 0. The summed E-state index contributed by atoms with van der Waals surface area (Å²) in [5, 5.41) is 4.90. The van der Waals surface area contributed by atoms with Crippen LogP contribution < -0.4 is 5.32 Å². The average molecular weight is 259 g/mol. The van der Waals surface area contributed by atoms with Crippen molar-refractivity contribution in [3.05, 3.63) is 36.0 Å². The molecule has 0 radical (unpaired) electrons. The molecule has 1 heterocycles. The van der Waals surface area contributed by atoms with E-state index in [0.29, 0.717) is 0 Å². The first-order chi connectivity index (χ1) is 8.98. The maximum absolute atomic E-state index is 3.58. The lowest BCUT2D eigenvalue weighted by atomic mass is 9.93. The first-order valence-electron chi connectivity index (χ1n) is 6.88. The highest BCUT2D eigenvalue weighted by Gasteiger charge is 2.18. The number of hydrogen-bond acceptors (Lipinski definition) is 2. The second-order valence-corrected chi connectivity index (χ2v) is 6.37. The molecule has 3 nitrogen and oxygen atoms in total. The summed E-state index contributed by atoms with van der Waals surface area (Å²) in [5.41, 5.74) is 2.85. The van der Waals surface area contributed by atoms with Gasteiger partial charge in [-0.05, 0) is 31.1 Å². The Morgan fingerprint density at radius 1 is 1.21 bits per heavy atom. The van der Waals surface area contributed by atoms with E-state index in [2.05, 4.69) is 73.6 Å². The van der Waals surface area contributed by atoms with Gasteiger partial charge in [-0.25, -0.2) is 0 Å². The van der Waals surface area contributed by atoms with Crippen LogP contribution in [0.4, 0.5) is 0 Å². The summed E-state index contributed by atoms with van der Waals surface area (Å²) in [6, 6.07) is 8.45. The minimum atomic E-state index is 0.287. The molecule has 104 valence electrons. The molecule has 0 aliphatic rings. The Hall–Kier alpha value is -1.32. The molecule has 19 heavy (non-hydrogen) atoms. The third-order valence-corrected chi connectivity index (χ3v) is 3.34. The van der Waals surface area contributed by atoms with Crippen LogP contribution in [0.2, 0.25) is 0 Å².